The number of hydrogen-bond donors (Lipinski definition) is 1. The Morgan fingerprint density at radius 1 is 1.39 bits per heavy atom. The minimum atomic E-state index is -0.220. The van der Waals surface area contributed by atoms with Crippen LogP contribution in [-0.2, 0) is 4.79 Å². The van der Waals surface area contributed by atoms with Gasteiger partial charge in [0.1, 0.15) is 5.75 Å². The summed E-state index contributed by atoms with van der Waals surface area (Å²) in [4.78, 5) is 12.3. The molecule has 4 heteroatoms. The van der Waals surface area contributed by atoms with Gasteiger partial charge in [0.15, 0.2) is 0 Å². The third kappa shape index (κ3) is 2.69. The second-order valence-electron chi connectivity index (χ2n) is 5.07. The van der Waals surface area contributed by atoms with Crippen LogP contribution in [0.1, 0.15) is 32.6 Å². The lowest BCUT2D eigenvalue weighted by Crippen LogP contribution is -2.30. The van der Waals surface area contributed by atoms with Gasteiger partial charge in [-0.1, -0.05) is 19.8 Å². The first-order valence-corrected chi connectivity index (χ1v) is 6.99. The van der Waals surface area contributed by atoms with E-state index >= 15 is 0 Å². The zero-order valence-corrected chi connectivity index (χ0v) is 12.3. The number of hydrogen-bond acceptors (Lipinski definition) is 2. The Kier molecular flexibility index (Phi) is 3.95. The summed E-state index contributed by atoms with van der Waals surface area (Å²) in [6.07, 6.45) is 4.23. The summed E-state index contributed by atoms with van der Waals surface area (Å²) in [5.74, 6) is 0.846. The molecule has 0 spiro atoms. The van der Waals surface area contributed by atoms with Crippen molar-refractivity contribution >= 4 is 27.5 Å². The molecule has 1 N–H and O–H groups in total. The van der Waals surface area contributed by atoms with Gasteiger partial charge in [0.2, 0.25) is 5.91 Å². The second-order valence-corrected chi connectivity index (χ2v) is 5.92. The molecule has 0 radical (unpaired) electrons. The van der Waals surface area contributed by atoms with Crippen LogP contribution in [0.15, 0.2) is 22.7 Å². The zero-order chi connectivity index (χ0) is 13.2. The molecule has 1 fully saturated rings. The van der Waals surface area contributed by atoms with Gasteiger partial charge in [-0.2, -0.15) is 0 Å². The normalized spacial score (nSPS) is 17.5. The molecule has 18 heavy (non-hydrogen) atoms. The molecule has 1 aliphatic carbocycles. The van der Waals surface area contributed by atoms with Gasteiger partial charge in [-0.15, -0.1) is 0 Å². The lowest BCUT2D eigenvalue weighted by molar-refractivity contribution is -0.124. The number of amides is 1. The Morgan fingerprint density at radius 2 is 2.06 bits per heavy atom. The van der Waals surface area contributed by atoms with Crippen LogP contribution >= 0.6 is 15.9 Å². The predicted octanol–water partition coefficient (Wildman–Crippen LogP) is 3.98. The molecular weight excluding hydrogens is 294 g/mol. The quantitative estimate of drug-likeness (QED) is 0.917. The molecule has 0 aliphatic heterocycles. The highest BCUT2D eigenvalue weighted by Crippen LogP contribution is 2.39. The maximum atomic E-state index is 12.3. The third-order valence-electron chi connectivity index (χ3n) is 3.68. The van der Waals surface area contributed by atoms with E-state index in [9.17, 15) is 4.79 Å². The van der Waals surface area contributed by atoms with Crippen molar-refractivity contribution in [3.8, 4) is 5.75 Å². The molecule has 0 atom stereocenters. The first-order chi connectivity index (χ1) is 8.55. The van der Waals surface area contributed by atoms with Crippen molar-refractivity contribution in [2.24, 2.45) is 5.41 Å². The largest absolute Gasteiger partial charge is 0.497 e. The van der Waals surface area contributed by atoms with Crippen molar-refractivity contribution in [1.82, 2.24) is 0 Å². The number of rotatable bonds is 3. The van der Waals surface area contributed by atoms with E-state index < -0.39 is 0 Å². The van der Waals surface area contributed by atoms with Gasteiger partial charge in [0.25, 0.3) is 0 Å². The van der Waals surface area contributed by atoms with E-state index in [1.807, 2.05) is 25.1 Å². The van der Waals surface area contributed by atoms with Crippen LogP contribution < -0.4 is 10.1 Å². The highest BCUT2D eigenvalue weighted by molar-refractivity contribution is 9.10. The summed E-state index contributed by atoms with van der Waals surface area (Å²) in [5.41, 5.74) is 0.551. The molecule has 1 aromatic carbocycles. The van der Waals surface area contributed by atoms with E-state index in [0.717, 1.165) is 41.6 Å². The average molecular weight is 312 g/mol. The van der Waals surface area contributed by atoms with E-state index in [-0.39, 0.29) is 11.3 Å². The van der Waals surface area contributed by atoms with Crippen molar-refractivity contribution in [2.45, 2.75) is 32.6 Å². The highest BCUT2D eigenvalue weighted by Gasteiger charge is 2.36. The maximum absolute atomic E-state index is 12.3. The average Bonchev–Trinajstić information content (AvgIpc) is 2.80. The number of benzene rings is 1. The minimum absolute atomic E-state index is 0.106. The number of halogens is 1. The van der Waals surface area contributed by atoms with Crippen LogP contribution in [0.4, 0.5) is 5.69 Å². The standard InChI is InChI=1S/C14H18BrNO2/c1-14(7-3-4-8-14)13(17)16-12-9-10(18-2)5-6-11(12)15/h5-6,9H,3-4,7-8H2,1-2H3,(H,16,17). The van der Waals surface area contributed by atoms with Gasteiger partial charge in [-0.3, -0.25) is 4.79 Å². The van der Waals surface area contributed by atoms with Crippen molar-refractivity contribution in [3.05, 3.63) is 22.7 Å². The van der Waals surface area contributed by atoms with Crippen molar-refractivity contribution in [2.75, 3.05) is 12.4 Å². The molecule has 0 aromatic heterocycles. The highest BCUT2D eigenvalue weighted by atomic mass is 79.9. The molecule has 1 aromatic rings. The number of ether oxygens (including phenoxy) is 1. The molecule has 1 aliphatic rings. The summed E-state index contributed by atoms with van der Waals surface area (Å²) in [6.45, 7) is 2.05. The summed E-state index contributed by atoms with van der Waals surface area (Å²) in [6, 6.07) is 5.57. The van der Waals surface area contributed by atoms with E-state index in [4.69, 9.17) is 4.74 Å². The van der Waals surface area contributed by atoms with Gasteiger partial charge >= 0.3 is 0 Å². The van der Waals surface area contributed by atoms with Crippen LogP contribution in [-0.4, -0.2) is 13.0 Å². The molecule has 0 saturated heterocycles. The Morgan fingerprint density at radius 3 is 2.67 bits per heavy atom. The lowest BCUT2D eigenvalue weighted by atomic mass is 9.88. The summed E-state index contributed by atoms with van der Waals surface area (Å²) in [5, 5.41) is 3.00. The van der Waals surface area contributed by atoms with Gasteiger partial charge in [-0.05, 0) is 40.9 Å². The number of methoxy groups -OCH3 is 1. The monoisotopic (exact) mass is 311 g/mol. The minimum Gasteiger partial charge on any atom is -0.497 e. The Balaban J connectivity index is 2.16. The van der Waals surface area contributed by atoms with Gasteiger partial charge < -0.3 is 10.1 Å². The molecule has 1 saturated carbocycles. The topological polar surface area (TPSA) is 38.3 Å². The molecule has 1 amide bonds. The van der Waals surface area contributed by atoms with Crippen molar-refractivity contribution in [3.63, 3.8) is 0 Å². The Bertz CT molecular complexity index is 453. The van der Waals surface area contributed by atoms with Crippen LogP contribution in [0.25, 0.3) is 0 Å². The molecule has 0 heterocycles. The van der Waals surface area contributed by atoms with Crippen LogP contribution in [0.3, 0.4) is 0 Å². The molecule has 2 rings (SSSR count). The summed E-state index contributed by atoms with van der Waals surface area (Å²) in [7, 11) is 1.62. The fourth-order valence-corrected chi connectivity index (χ4v) is 2.73. The molecule has 0 unspecified atom stereocenters. The van der Waals surface area contributed by atoms with E-state index in [2.05, 4.69) is 21.2 Å². The maximum Gasteiger partial charge on any atom is 0.230 e. The molecule has 3 nitrogen and oxygen atoms in total. The van der Waals surface area contributed by atoms with Crippen molar-refractivity contribution in [1.29, 1.82) is 0 Å². The number of carbonyl (C=O) groups is 1. The van der Waals surface area contributed by atoms with Crippen LogP contribution in [0, 0.1) is 5.41 Å². The van der Waals surface area contributed by atoms with Crippen molar-refractivity contribution < 1.29 is 9.53 Å². The first-order valence-electron chi connectivity index (χ1n) is 6.20. The number of anilines is 1. The predicted molar refractivity (Wildman–Crippen MR) is 75.9 cm³/mol. The Labute approximate surface area is 116 Å². The third-order valence-corrected chi connectivity index (χ3v) is 4.37. The van der Waals surface area contributed by atoms with E-state index in [1.165, 1.54) is 0 Å². The van der Waals surface area contributed by atoms with Crippen LogP contribution in [0.5, 0.6) is 5.75 Å². The summed E-state index contributed by atoms with van der Waals surface area (Å²) < 4.78 is 6.04. The van der Waals surface area contributed by atoms with E-state index in [0.29, 0.717) is 0 Å². The van der Waals surface area contributed by atoms with E-state index in [1.54, 1.807) is 7.11 Å². The fourth-order valence-electron chi connectivity index (χ4n) is 2.38. The Hall–Kier alpha value is -1.03. The molecular formula is C14H18BrNO2. The van der Waals surface area contributed by atoms with Gasteiger partial charge in [0.05, 0.1) is 12.8 Å². The summed E-state index contributed by atoms with van der Waals surface area (Å²) >= 11 is 3.44. The fraction of sp³-hybridized carbons (Fsp3) is 0.500. The number of nitrogens with one attached hydrogen (secondary N) is 1. The SMILES string of the molecule is COc1ccc(Br)c(NC(=O)C2(C)CCCC2)c1. The zero-order valence-electron chi connectivity index (χ0n) is 10.8. The smallest absolute Gasteiger partial charge is 0.230 e. The number of carbonyl (C=O) groups excluding carboxylic acids is 1. The van der Waals surface area contributed by atoms with Crippen LogP contribution in [0.2, 0.25) is 0 Å². The first kappa shape index (κ1) is 13.4. The lowest BCUT2D eigenvalue weighted by Gasteiger charge is -2.22. The second kappa shape index (κ2) is 5.31. The van der Waals surface area contributed by atoms with Gasteiger partial charge in [0, 0.05) is 16.0 Å². The molecule has 98 valence electrons. The molecule has 0 bridgehead atoms. The van der Waals surface area contributed by atoms with Gasteiger partial charge in [-0.25, -0.2) is 0 Å².